The second-order valence-corrected chi connectivity index (χ2v) is 5.19. The summed E-state index contributed by atoms with van der Waals surface area (Å²) in [6, 6.07) is 8.72. The van der Waals surface area contributed by atoms with E-state index in [2.05, 4.69) is 52.0 Å². The van der Waals surface area contributed by atoms with Crippen LogP contribution >= 0.6 is 0 Å². The second-order valence-electron chi connectivity index (χ2n) is 5.19. The maximum absolute atomic E-state index is 4.23. The summed E-state index contributed by atoms with van der Waals surface area (Å²) in [5, 5.41) is 0. The quantitative estimate of drug-likeness (QED) is 0.580. The molecule has 0 unspecified atom stereocenters. The molecule has 0 bridgehead atoms. The lowest BCUT2D eigenvalue weighted by Crippen LogP contribution is -2.27. The van der Waals surface area contributed by atoms with Crippen LogP contribution in [0.5, 0.6) is 0 Å². The molecule has 0 spiro atoms. The van der Waals surface area contributed by atoms with Crippen LogP contribution in [0.4, 0.5) is 0 Å². The Morgan fingerprint density at radius 3 is 1.76 bits per heavy atom. The topological polar surface area (TPSA) is 0 Å². The highest BCUT2D eigenvalue weighted by Crippen LogP contribution is 2.40. The van der Waals surface area contributed by atoms with Gasteiger partial charge in [-0.25, -0.2) is 0 Å². The van der Waals surface area contributed by atoms with Gasteiger partial charge in [-0.15, -0.1) is 0 Å². The van der Waals surface area contributed by atoms with Crippen molar-refractivity contribution in [2.24, 2.45) is 0 Å². The highest BCUT2D eigenvalue weighted by Gasteiger charge is 2.30. The van der Waals surface area contributed by atoms with E-state index in [1.54, 1.807) is 0 Å². The van der Waals surface area contributed by atoms with Crippen molar-refractivity contribution >= 4 is 0 Å². The minimum Gasteiger partial charge on any atom is -0.0654 e. The first kappa shape index (κ1) is 14.3. The van der Waals surface area contributed by atoms with E-state index in [1.807, 2.05) is 0 Å². The minimum atomic E-state index is 0.372. The lowest BCUT2D eigenvalue weighted by atomic mass is 9.69. The molecule has 0 N–H and O–H groups in total. The van der Waals surface area contributed by atoms with E-state index in [1.165, 1.54) is 49.7 Å². The molecule has 0 aromatic heterocycles. The first-order valence-electron chi connectivity index (χ1n) is 7.11. The van der Waals surface area contributed by atoms with Gasteiger partial charge in [0.1, 0.15) is 0 Å². The Labute approximate surface area is 107 Å². The first-order valence-corrected chi connectivity index (χ1v) is 7.11. The molecule has 0 heteroatoms. The van der Waals surface area contributed by atoms with Gasteiger partial charge in [-0.3, -0.25) is 0 Å². The van der Waals surface area contributed by atoms with Crippen LogP contribution in [0.3, 0.4) is 0 Å². The molecule has 1 radical (unpaired) electrons. The molecule has 0 aliphatic rings. The van der Waals surface area contributed by atoms with Crippen LogP contribution in [0.25, 0.3) is 0 Å². The third kappa shape index (κ3) is 3.34. The van der Waals surface area contributed by atoms with E-state index >= 15 is 0 Å². The summed E-state index contributed by atoms with van der Waals surface area (Å²) < 4.78 is 0. The smallest absolute Gasteiger partial charge is 0.00445 e. The van der Waals surface area contributed by atoms with Gasteiger partial charge in [0.2, 0.25) is 0 Å². The Morgan fingerprint density at radius 2 is 1.35 bits per heavy atom. The molecular formula is C17H27. The van der Waals surface area contributed by atoms with E-state index in [9.17, 15) is 0 Å². The zero-order chi connectivity index (χ0) is 12.7. The second kappa shape index (κ2) is 6.83. The van der Waals surface area contributed by atoms with Crippen molar-refractivity contribution < 1.29 is 0 Å². The van der Waals surface area contributed by atoms with Crippen LogP contribution in [-0.2, 0) is 5.41 Å². The predicted octanol–water partition coefficient (Wildman–Crippen LogP) is 5.51. The van der Waals surface area contributed by atoms with E-state index < -0.39 is 0 Å². The first-order chi connectivity index (χ1) is 8.20. The largest absolute Gasteiger partial charge is 0.0654 e. The van der Waals surface area contributed by atoms with Crippen LogP contribution < -0.4 is 0 Å². The SMILES string of the molecule is [CH2]c1ccccc1C(CCC)(CCC)CCC. The highest BCUT2D eigenvalue weighted by molar-refractivity contribution is 5.36. The normalized spacial score (nSPS) is 11.8. The maximum atomic E-state index is 4.23. The highest BCUT2D eigenvalue weighted by atomic mass is 14.3. The number of rotatable bonds is 7. The molecule has 95 valence electrons. The zero-order valence-corrected chi connectivity index (χ0v) is 11.8. The van der Waals surface area contributed by atoms with Gasteiger partial charge in [0, 0.05) is 0 Å². The van der Waals surface area contributed by atoms with Crippen LogP contribution in [0.15, 0.2) is 24.3 Å². The summed E-state index contributed by atoms with van der Waals surface area (Å²) in [5.74, 6) is 0. The van der Waals surface area contributed by atoms with E-state index in [4.69, 9.17) is 0 Å². The Bertz CT molecular complexity index is 308. The van der Waals surface area contributed by atoms with Gasteiger partial charge in [0.15, 0.2) is 0 Å². The fourth-order valence-corrected chi connectivity index (χ4v) is 3.25. The third-order valence-electron chi connectivity index (χ3n) is 3.77. The van der Waals surface area contributed by atoms with E-state index in [0.29, 0.717) is 5.41 Å². The van der Waals surface area contributed by atoms with Crippen molar-refractivity contribution in [2.45, 2.75) is 64.7 Å². The summed E-state index contributed by atoms with van der Waals surface area (Å²) in [7, 11) is 0. The van der Waals surface area contributed by atoms with Crippen LogP contribution in [0, 0.1) is 6.92 Å². The average molecular weight is 231 g/mol. The zero-order valence-electron chi connectivity index (χ0n) is 11.8. The molecule has 0 saturated heterocycles. The van der Waals surface area contributed by atoms with Crippen molar-refractivity contribution in [3.8, 4) is 0 Å². The molecule has 0 atom stereocenters. The van der Waals surface area contributed by atoms with Gasteiger partial charge in [0.25, 0.3) is 0 Å². The van der Waals surface area contributed by atoms with Gasteiger partial charge >= 0.3 is 0 Å². The third-order valence-corrected chi connectivity index (χ3v) is 3.77. The van der Waals surface area contributed by atoms with Crippen LogP contribution in [0.2, 0.25) is 0 Å². The monoisotopic (exact) mass is 231 g/mol. The van der Waals surface area contributed by atoms with Gasteiger partial charge in [0.05, 0.1) is 0 Å². The predicted molar refractivity (Wildman–Crippen MR) is 77.3 cm³/mol. The van der Waals surface area contributed by atoms with Crippen molar-refractivity contribution in [1.29, 1.82) is 0 Å². The molecule has 0 aliphatic heterocycles. The summed E-state index contributed by atoms with van der Waals surface area (Å²) in [5.41, 5.74) is 3.09. The van der Waals surface area contributed by atoms with Crippen LogP contribution in [0.1, 0.15) is 70.4 Å². The minimum absolute atomic E-state index is 0.372. The molecule has 1 aromatic rings. The summed E-state index contributed by atoms with van der Waals surface area (Å²) >= 11 is 0. The Morgan fingerprint density at radius 1 is 0.882 bits per heavy atom. The molecule has 0 amide bonds. The van der Waals surface area contributed by atoms with Crippen molar-refractivity contribution in [2.75, 3.05) is 0 Å². The van der Waals surface area contributed by atoms with Gasteiger partial charge in [-0.2, -0.15) is 0 Å². The Kier molecular flexibility index (Phi) is 5.74. The van der Waals surface area contributed by atoms with Crippen molar-refractivity contribution in [1.82, 2.24) is 0 Å². The standard InChI is InChI=1S/C17H27/c1-5-12-17(13-6-2,14-7-3)16-11-9-8-10-15(16)4/h8-11H,4-7,12-14H2,1-3H3. The number of benzene rings is 1. The maximum Gasteiger partial charge on any atom is -0.00445 e. The molecule has 0 aliphatic carbocycles. The van der Waals surface area contributed by atoms with Gasteiger partial charge < -0.3 is 0 Å². The lowest BCUT2D eigenvalue weighted by Gasteiger charge is -2.35. The Balaban J connectivity index is 3.14. The lowest BCUT2D eigenvalue weighted by molar-refractivity contribution is 0.326. The molecule has 0 nitrogen and oxygen atoms in total. The Hall–Kier alpha value is -0.780. The molecule has 17 heavy (non-hydrogen) atoms. The van der Waals surface area contributed by atoms with Crippen LogP contribution in [-0.4, -0.2) is 0 Å². The number of hydrogen-bond acceptors (Lipinski definition) is 0. The fraction of sp³-hybridized carbons (Fsp3) is 0.588. The number of hydrogen-bond donors (Lipinski definition) is 0. The summed E-state index contributed by atoms with van der Waals surface area (Å²) in [6.07, 6.45) is 7.65. The van der Waals surface area contributed by atoms with Crippen molar-refractivity contribution in [3.05, 3.63) is 42.3 Å². The summed E-state index contributed by atoms with van der Waals surface area (Å²) in [6.45, 7) is 11.1. The molecule has 1 rings (SSSR count). The average Bonchev–Trinajstić information content (AvgIpc) is 2.30. The van der Waals surface area contributed by atoms with E-state index in [-0.39, 0.29) is 0 Å². The summed E-state index contributed by atoms with van der Waals surface area (Å²) in [4.78, 5) is 0. The molecule has 1 aromatic carbocycles. The molecule has 0 heterocycles. The molecular weight excluding hydrogens is 204 g/mol. The van der Waals surface area contributed by atoms with Gasteiger partial charge in [-0.05, 0) is 42.7 Å². The fourth-order valence-electron chi connectivity index (χ4n) is 3.25. The van der Waals surface area contributed by atoms with E-state index in [0.717, 1.165) is 0 Å². The van der Waals surface area contributed by atoms with Crippen molar-refractivity contribution in [3.63, 3.8) is 0 Å². The molecule has 0 saturated carbocycles. The molecule has 0 fully saturated rings. The van der Waals surface area contributed by atoms with Gasteiger partial charge in [-0.1, -0.05) is 64.3 Å².